The van der Waals surface area contributed by atoms with Crippen molar-refractivity contribution in [1.29, 1.82) is 0 Å². The average molecular weight is 286 g/mol. The van der Waals surface area contributed by atoms with E-state index in [9.17, 15) is 4.79 Å². The largest absolute Gasteiger partial charge is 0.381 e. The van der Waals surface area contributed by atoms with Crippen LogP contribution in [0, 0.1) is 5.92 Å². The highest BCUT2D eigenvalue weighted by atomic mass is 79.9. The second kappa shape index (κ2) is 4.34. The Bertz CT molecular complexity index is 443. The summed E-state index contributed by atoms with van der Waals surface area (Å²) in [6, 6.07) is 1.93. The first-order valence-corrected chi connectivity index (χ1v) is 6.30. The fraction of sp³-hybridized carbons (Fsp3) is 0.583. The van der Waals surface area contributed by atoms with Gasteiger partial charge in [0.15, 0.2) is 0 Å². The van der Waals surface area contributed by atoms with E-state index in [1.165, 1.54) is 0 Å². The first-order chi connectivity index (χ1) is 7.54. The molecule has 0 bridgehead atoms. The second-order valence-electron chi connectivity index (χ2n) is 4.70. The highest BCUT2D eigenvalue weighted by Crippen LogP contribution is 2.37. The molecule has 16 heavy (non-hydrogen) atoms. The van der Waals surface area contributed by atoms with Crippen LogP contribution in [0.2, 0.25) is 0 Å². The Morgan fingerprint density at radius 3 is 3.06 bits per heavy atom. The summed E-state index contributed by atoms with van der Waals surface area (Å²) in [5.41, 5.74) is 0.785. The number of aromatic nitrogens is 1. The highest BCUT2D eigenvalue weighted by molar-refractivity contribution is 9.10. The molecule has 1 aliphatic rings. The fourth-order valence-corrected chi connectivity index (χ4v) is 2.60. The van der Waals surface area contributed by atoms with Gasteiger partial charge in [0.25, 0.3) is 5.56 Å². The topological polar surface area (TPSA) is 42.1 Å². The molecule has 3 nitrogen and oxygen atoms in total. The van der Waals surface area contributed by atoms with Gasteiger partial charge in [-0.05, 0) is 34.3 Å². The lowest BCUT2D eigenvalue weighted by Crippen LogP contribution is -2.42. The van der Waals surface area contributed by atoms with Crippen LogP contribution in [0.4, 0.5) is 0 Å². The van der Waals surface area contributed by atoms with E-state index in [1.54, 1.807) is 6.20 Å². The lowest BCUT2D eigenvalue weighted by molar-refractivity contribution is 0.0120. The molecule has 1 aromatic rings. The molecular formula is C12H16BrNO2. The summed E-state index contributed by atoms with van der Waals surface area (Å²) in [7, 11) is 0. The SMILES string of the molecule is CC1COCCC1(C)c1cc(Br)c[nH]c1=O. The van der Waals surface area contributed by atoms with Crippen LogP contribution in [0.5, 0.6) is 0 Å². The molecule has 1 aromatic heterocycles. The molecule has 2 unspecified atom stereocenters. The van der Waals surface area contributed by atoms with Gasteiger partial charge in [0.05, 0.1) is 0 Å². The molecule has 0 radical (unpaired) electrons. The van der Waals surface area contributed by atoms with Crippen molar-refractivity contribution < 1.29 is 4.74 Å². The Morgan fingerprint density at radius 1 is 1.62 bits per heavy atom. The predicted molar refractivity (Wildman–Crippen MR) is 66.7 cm³/mol. The molecule has 4 heteroatoms. The average Bonchev–Trinajstić information content (AvgIpc) is 2.26. The van der Waals surface area contributed by atoms with Crippen molar-refractivity contribution in [1.82, 2.24) is 4.98 Å². The number of pyridine rings is 1. The van der Waals surface area contributed by atoms with E-state index in [2.05, 4.69) is 34.8 Å². The maximum atomic E-state index is 11.9. The van der Waals surface area contributed by atoms with Crippen LogP contribution < -0.4 is 5.56 Å². The van der Waals surface area contributed by atoms with Gasteiger partial charge >= 0.3 is 0 Å². The first-order valence-electron chi connectivity index (χ1n) is 5.50. The molecule has 1 N–H and O–H groups in total. The smallest absolute Gasteiger partial charge is 0.251 e. The molecule has 0 spiro atoms. The van der Waals surface area contributed by atoms with E-state index in [0.717, 1.165) is 29.7 Å². The van der Waals surface area contributed by atoms with Gasteiger partial charge in [0, 0.05) is 34.9 Å². The molecule has 2 heterocycles. The van der Waals surface area contributed by atoms with E-state index >= 15 is 0 Å². The zero-order valence-corrected chi connectivity index (χ0v) is 11.1. The lowest BCUT2D eigenvalue weighted by atomic mass is 9.70. The van der Waals surface area contributed by atoms with Gasteiger partial charge < -0.3 is 9.72 Å². The van der Waals surface area contributed by atoms with Crippen molar-refractivity contribution in [2.24, 2.45) is 5.92 Å². The molecule has 2 atom stereocenters. The van der Waals surface area contributed by atoms with Crippen LogP contribution in [0.1, 0.15) is 25.8 Å². The molecule has 88 valence electrons. The van der Waals surface area contributed by atoms with Gasteiger partial charge in [-0.25, -0.2) is 0 Å². The van der Waals surface area contributed by atoms with Crippen molar-refractivity contribution in [3.8, 4) is 0 Å². The molecule has 0 saturated carbocycles. The first kappa shape index (κ1) is 11.9. The normalized spacial score (nSPS) is 30.3. The molecular weight excluding hydrogens is 270 g/mol. The molecule has 2 rings (SSSR count). The quantitative estimate of drug-likeness (QED) is 0.861. The summed E-state index contributed by atoms with van der Waals surface area (Å²) in [6.45, 7) is 5.74. The van der Waals surface area contributed by atoms with Crippen LogP contribution in [0.3, 0.4) is 0 Å². The van der Waals surface area contributed by atoms with E-state index in [4.69, 9.17) is 4.74 Å². The number of halogens is 1. The van der Waals surface area contributed by atoms with Crippen molar-refractivity contribution in [3.63, 3.8) is 0 Å². The molecule has 0 aromatic carbocycles. The molecule has 1 fully saturated rings. The summed E-state index contributed by atoms with van der Waals surface area (Å²) < 4.78 is 6.36. The number of aromatic amines is 1. The Labute approximate surface area is 103 Å². The third-order valence-electron chi connectivity index (χ3n) is 3.70. The standard InChI is InChI=1S/C12H16BrNO2/c1-8-7-16-4-3-12(8,2)10-5-9(13)6-14-11(10)15/h5-6,8H,3-4,7H2,1-2H3,(H,14,15). The Morgan fingerprint density at radius 2 is 2.38 bits per heavy atom. The third kappa shape index (κ3) is 1.96. The van der Waals surface area contributed by atoms with Crippen molar-refractivity contribution >= 4 is 15.9 Å². The molecule has 0 aliphatic carbocycles. The predicted octanol–water partition coefficient (Wildman–Crippen LogP) is 2.45. The van der Waals surface area contributed by atoms with Crippen molar-refractivity contribution in [2.45, 2.75) is 25.7 Å². The van der Waals surface area contributed by atoms with Crippen LogP contribution in [0.25, 0.3) is 0 Å². The summed E-state index contributed by atoms with van der Waals surface area (Å²) in [6.07, 6.45) is 2.58. The van der Waals surface area contributed by atoms with Crippen molar-refractivity contribution in [2.75, 3.05) is 13.2 Å². The minimum atomic E-state index is -0.0877. The summed E-state index contributed by atoms with van der Waals surface area (Å²) >= 11 is 3.41. The summed E-state index contributed by atoms with van der Waals surface area (Å²) in [4.78, 5) is 14.7. The number of H-pyrrole nitrogens is 1. The maximum absolute atomic E-state index is 11.9. The van der Waals surface area contributed by atoms with Gasteiger partial charge in [-0.15, -0.1) is 0 Å². The van der Waals surface area contributed by atoms with Gasteiger partial charge in [-0.3, -0.25) is 4.79 Å². The van der Waals surface area contributed by atoms with Gasteiger partial charge in [0.1, 0.15) is 0 Å². The molecule has 1 saturated heterocycles. The zero-order chi connectivity index (χ0) is 11.8. The Hall–Kier alpha value is -0.610. The number of hydrogen-bond acceptors (Lipinski definition) is 2. The summed E-state index contributed by atoms with van der Waals surface area (Å²) in [5, 5.41) is 0. The summed E-state index contributed by atoms with van der Waals surface area (Å²) in [5.74, 6) is 0.358. The fourth-order valence-electron chi connectivity index (χ4n) is 2.26. The molecule has 1 aliphatic heterocycles. The Balaban J connectivity index is 2.48. The minimum absolute atomic E-state index is 0.0134. The number of hydrogen-bond donors (Lipinski definition) is 1. The van der Waals surface area contributed by atoms with E-state index in [0.29, 0.717) is 5.92 Å². The number of ether oxygens (including phenoxy) is 1. The van der Waals surface area contributed by atoms with E-state index in [1.807, 2.05) is 6.07 Å². The van der Waals surface area contributed by atoms with Gasteiger partial charge in [-0.1, -0.05) is 13.8 Å². The number of rotatable bonds is 1. The van der Waals surface area contributed by atoms with Crippen LogP contribution >= 0.6 is 15.9 Å². The van der Waals surface area contributed by atoms with E-state index < -0.39 is 0 Å². The van der Waals surface area contributed by atoms with Gasteiger partial charge in [0.2, 0.25) is 0 Å². The monoisotopic (exact) mass is 285 g/mol. The van der Waals surface area contributed by atoms with Crippen LogP contribution in [0.15, 0.2) is 21.5 Å². The minimum Gasteiger partial charge on any atom is -0.381 e. The van der Waals surface area contributed by atoms with Gasteiger partial charge in [-0.2, -0.15) is 0 Å². The second-order valence-corrected chi connectivity index (χ2v) is 5.62. The zero-order valence-electron chi connectivity index (χ0n) is 9.55. The van der Waals surface area contributed by atoms with Crippen LogP contribution in [-0.2, 0) is 10.2 Å². The highest BCUT2D eigenvalue weighted by Gasteiger charge is 2.37. The number of nitrogens with one attached hydrogen (secondary N) is 1. The lowest BCUT2D eigenvalue weighted by Gasteiger charge is -2.39. The van der Waals surface area contributed by atoms with Crippen LogP contribution in [-0.4, -0.2) is 18.2 Å². The molecule has 0 amide bonds. The van der Waals surface area contributed by atoms with Crippen molar-refractivity contribution in [3.05, 3.63) is 32.7 Å². The Kier molecular flexibility index (Phi) is 3.22. The third-order valence-corrected chi connectivity index (χ3v) is 4.16. The maximum Gasteiger partial charge on any atom is 0.251 e. The van der Waals surface area contributed by atoms with E-state index in [-0.39, 0.29) is 11.0 Å².